The Bertz CT molecular complexity index is 1060. The Morgan fingerprint density at radius 1 is 1.15 bits per heavy atom. The summed E-state index contributed by atoms with van der Waals surface area (Å²) in [7, 11) is 5.97. The molecule has 1 aliphatic heterocycles. The minimum atomic E-state index is -0.665. The maximum Gasteiger partial charge on any atom is 0.296 e. The molecule has 0 atom stereocenters. The molecule has 0 saturated carbocycles. The van der Waals surface area contributed by atoms with E-state index in [0.717, 1.165) is 41.8 Å². The van der Waals surface area contributed by atoms with Crippen molar-refractivity contribution in [1.82, 2.24) is 9.88 Å². The average Bonchev–Trinajstić information content (AvgIpc) is 2.80. The Hall–Kier alpha value is -2.86. The van der Waals surface area contributed by atoms with Crippen LogP contribution in [0.5, 0.6) is 0 Å². The number of aryl methyl sites for hydroxylation is 1. The number of hydrogen-bond acceptors (Lipinski definition) is 3. The van der Waals surface area contributed by atoms with Crippen molar-refractivity contribution in [2.45, 2.75) is 19.9 Å². The molecule has 4 rings (SSSR count). The molecule has 3 aromatic rings. The van der Waals surface area contributed by atoms with Crippen LogP contribution in [0.15, 0.2) is 42.5 Å². The van der Waals surface area contributed by atoms with Gasteiger partial charge in [0.25, 0.3) is 11.7 Å². The predicted octanol–water partition coefficient (Wildman–Crippen LogP) is 1.71. The zero-order valence-electron chi connectivity index (χ0n) is 15.2. The molecule has 27 heavy (non-hydrogen) atoms. The number of Topliss-reactive ketones (excluding diaryl/α,β-unsaturated/α-hetero) is 1. The zero-order valence-corrected chi connectivity index (χ0v) is 15.2. The first-order chi connectivity index (χ1) is 13.1. The van der Waals surface area contributed by atoms with E-state index in [9.17, 15) is 9.59 Å². The number of fused-ring (bicyclic) bond motifs is 3. The summed E-state index contributed by atoms with van der Waals surface area (Å²) < 4.78 is 2.15. The highest BCUT2D eigenvalue weighted by Gasteiger charge is 2.27. The SMILES string of the molecule is [B]c1cc(C)ccc1NC(=O)C(=O)c1c2n(c3ccccc13)CCNCC2. The van der Waals surface area contributed by atoms with Gasteiger partial charge in [0.15, 0.2) is 0 Å². The summed E-state index contributed by atoms with van der Waals surface area (Å²) >= 11 is 0. The first-order valence-corrected chi connectivity index (χ1v) is 9.09. The van der Waals surface area contributed by atoms with E-state index in [1.165, 1.54) is 0 Å². The quantitative estimate of drug-likeness (QED) is 0.426. The average molecular weight is 357 g/mol. The van der Waals surface area contributed by atoms with Gasteiger partial charge in [0, 0.05) is 48.3 Å². The van der Waals surface area contributed by atoms with Gasteiger partial charge in [-0.05, 0) is 19.1 Å². The van der Waals surface area contributed by atoms with Crippen LogP contribution in [0.3, 0.4) is 0 Å². The van der Waals surface area contributed by atoms with Crippen molar-refractivity contribution >= 4 is 41.6 Å². The van der Waals surface area contributed by atoms with E-state index in [2.05, 4.69) is 15.2 Å². The van der Waals surface area contributed by atoms with E-state index in [0.29, 0.717) is 23.1 Å². The minimum absolute atomic E-state index is 0.445. The maximum absolute atomic E-state index is 13.1. The number of anilines is 1. The summed E-state index contributed by atoms with van der Waals surface area (Å²) in [5.74, 6) is -1.19. The monoisotopic (exact) mass is 357 g/mol. The number of benzene rings is 2. The molecule has 1 amide bonds. The van der Waals surface area contributed by atoms with Crippen molar-refractivity contribution < 1.29 is 9.59 Å². The predicted molar refractivity (Wildman–Crippen MR) is 108 cm³/mol. The third kappa shape index (κ3) is 3.17. The normalized spacial score (nSPS) is 13.8. The molecule has 0 unspecified atom stereocenters. The molecule has 134 valence electrons. The van der Waals surface area contributed by atoms with E-state index in [-0.39, 0.29) is 0 Å². The van der Waals surface area contributed by atoms with Gasteiger partial charge < -0.3 is 15.2 Å². The first-order valence-electron chi connectivity index (χ1n) is 9.09. The van der Waals surface area contributed by atoms with Gasteiger partial charge in [-0.2, -0.15) is 0 Å². The van der Waals surface area contributed by atoms with Crippen LogP contribution in [0.2, 0.25) is 0 Å². The highest BCUT2D eigenvalue weighted by atomic mass is 16.2. The third-order valence-corrected chi connectivity index (χ3v) is 5.02. The van der Waals surface area contributed by atoms with Gasteiger partial charge in [-0.3, -0.25) is 9.59 Å². The molecule has 0 fully saturated rings. The van der Waals surface area contributed by atoms with Crippen molar-refractivity contribution in [2.24, 2.45) is 0 Å². The van der Waals surface area contributed by atoms with Gasteiger partial charge in [-0.15, -0.1) is 0 Å². The molecule has 1 aromatic heterocycles. The second kappa shape index (κ2) is 7.04. The van der Waals surface area contributed by atoms with E-state index in [1.807, 2.05) is 37.3 Å². The van der Waals surface area contributed by atoms with Crippen molar-refractivity contribution in [3.05, 3.63) is 59.3 Å². The standard InChI is InChI=1S/C21H20BN3O2/c1-13-6-7-16(15(22)12-13)24-21(27)20(26)19-14-4-2-3-5-17(14)25-11-10-23-9-8-18(19)25/h2-7,12,23H,8-11H2,1H3,(H,24,27). The summed E-state index contributed by atoms with van der Waals surface area (Å²) in [5, 5.41) is 6.84. The highest BCUT2D eigenvalue weighted by molar-refractivity contribution is 6.49. The van der Waals surface area contributed by atoms with Crippen LogP contribution in [0, 0.1) is 6.92 Å². The van der Waals surface area contributed by atoms with E-state index < -0.39 is 11.7 Å². The van der Waals surface area contributed by atoms with Gasteiger partial charge in [0.2, 0.25) is 0 Å². The largest absolute Gasteiger partial charge is 0.343 e. The van der Waals surface area contributed by atoms with Gasteiger partial charge in [0.05, 0.1) is 5.56 Å². The molecule has 0 aliphatic carbocycles. The summed E-state index contributed by atoms with van der Waals surface area (Å²) in [5.41, 5.74) is 4.29. The van der Waals surface area contributed by atoms with Crippen molar-refractivity contribution in [2.75, 3.05) is 18.4 Å². The number of hydrogen-bond donors (Lipinski definition) is 2. The van der Waals surface area contributed by atoms with Crippen LogP contribution < -0.4 is 16.1 Å². The molecule has 2 heterocycles. The number of ketones is 1. The molecule has 2 N–H and O–H groups in total. The number of para-hydroxylation sites is 1. The third-order valence-electron chi connectivity index (χ3n) is 5.02. The van der Waals surface area contributed by atoms with Crippen LogP contribution in [0.1, 0.15) is 21.6 Å². The van der Waals surface area contributed by atoms with Crippen LogP contribution in [0.25, 0.3) is 10.9 Å². The van der Waals surface area contributed by atoms with Gasteiger partial charge in [-0.1, -0.05) is 41.4 Å². The lowest BCUT2D eigenvalue weighted by atomic mass is 9.92. The lowest BCUT2D eigenvalue weighted by molar-refractivity contribution is -0.112. The van der Waals surface area contributed by atoms with Crippen LogP contribution in [-0.4, -0.2) is 37.2 Å². The fourth-order valence-corrected chi connectivity index (χ4v) is 3.74. The topological polar surface area (TPSA) is 63.1 Å². The van der Waals surface area contributed by atoms with Crippen LogP contribution in [-0.2, 0) is 17.8 Å². The molecule has 0 saturated heterocycles. The maximum atomic E-state index is 13.1. The molecule has 2 radical (unpaired) electrons. The number of nitrogens with zero attached hydrogens (tertiary/aromatic N) is 1. The van der Waals surface area contributed by atoms with Crippen LogP contribution >= 0.6 is 0 Å². The summed E-state index contributed by atoms with van der Waals surface area (Å²) in [4.78, 5) is 25.8. The number of rotatable bonds is 3. The molecular formula is C21H20BN3O2. The lowest BCUT2D eigenvalue weighted by Crippen LogP contribution is -2.27. The Morgan fingerprint density at radius 3 is 2.78 bits per heavy atom. The molecule has 1 aliphatic rings. The van der Waals surface area contributed by atoms with Gasteiger partial charge in [0.1, 0.15) is 7.85 Å². The summed E-state index contributed by atoms with van der Waals surface area (Å²) in [6.07, 6.45) is 0.704. The number of aromatic nitrogens is 1. The molecular weight excluding hydrogens is 337 g/mol. The minimum Gasteiger partial charge on any atom is -0.343 e. The van der Waals surface area contributed by atoms with Crippen molar-refractivity contribution in [3.63, 3.8) is 0 Å². The van der Waals surface area contributed by atoms with E-state index in [4.69, 9.17) is 7.85 Å². The molecule has 0 bridgehead atoms. The smallest absolute Gasteiger partial charge is 0.296 e. The first kappa shape index (κ1) is 17.6. The Morgan fingerprint density at radius 2 is 1.96 bits per heavy atom. The van der Waals surface area contributed by atoms with E-state index >= 15 is 0 Å². The molecule has 2 aromatic carbocycles. The summed E-state index contributed by atoms with van der Waals surface area (Å²) in [6.45, 7) is 4.31. The van der Waals surface area contributed by atoms with Crippen molar-refractivity contribution in [3.8, 4) is 0 Å². The summed E-state index contributed by atoms with van der Waals surface area (Å²) in [6, 6.07) is 13.1. The number of nitrogens with one attached hydrogen (secondary N) is 2. The molecule has 5 nitrogen and oxygen atoms in total. The Kier molecular flexibility index (Phi) is 4.58. The Balaban J connectivity index is 1.74. The lowest BCUT2D eigenvalue weighted by Gasteiger charge is -2.10. The highest BCUT2D eigenvalue weighted by Crippen LogP contribution is 2.28. The number of carbonyl (C=O) groups is 2. The second-order valence-electron chi connectivity index (χ2n) is 6.86. The van der Waals surface area contributed by atoms with Crippen LogP contribution in [0.4, 0.5) is 5.69 Å². The number of amides is 1. The van der Waals surface area contributed by atoms with E-state index in [1.54, 1.807) is 12.1 Å². The molecule has 0 spiro atoms. The van der Waals surface area contributed by atoms with Gasteiger partial charge >= 0.3 is 0 Å². The fourth-order valence-electron chi connectivity index (χ4n) is 3.74. The zero-order chi connectivity index (χ0) is 19.0. The fraction of sp³-hybridized carbons (Fsp3) is 0.238. The number of carbonyl (C=O) groups excluding carboxylic acids is 2. The van der Waals surface area contributed by atoms with Gasteiger partial charge in [-0.25, -0.2) is 0 Å². The van der Waals surface area contributed by atoms with Crippen molar-refractivity contribution in [1.29, 1.82) is 0 Å². The second-order valence-corrected chi connectivity index (χ2v) is 6.86. The Labute approximate surface area is 159 Å². The molecule has 6 heteroatoms.